The normalized spacial score (nSPS) is 23.4. The van der Waals surface area contributed by atoms with Crippen molar-refractivity contribution in [2.45, 2.75) is 56.4 Å². The van der Waals surface area contributed by atoms with E-state index < -0.39 is 27.4 Å². The van der Waals surface area contributed by atoms with Crippen LogP contribution >= 0.6 is 0 Å². The van der Waals surface area contributed by atoms with Gasteiger partial charge in [-0.1, -0.05) is 20.3 Å². The molecular weight excluding hydrogens is 356 g/mol. The topological polar surface area (TPSA) is 113 Å². The number of aliphatic carboxylic acids is 1. The van der Waals surface area contributed by atoms with E-state index in [1.807, 2.05) is 0 Å². The molecule has 0 atom stereocenters. The Bertz CT molecular complexity index is 750. The molecule has 0 saturated heterocycles. The minimum atomic E-state index is -3.59. The van der Waals surface area contributed by atoms with E-state index in [0.29, 0.717) is 18.8 Å². The summed E-state index contributed by atoms with van der Waals surface area (Å²) < 4.78 is 26.3. The number of nitrogens with one attached hydrogen (secondary N) is 2. The largest absolute Gasteiger partial charge is 0.480 e. The van der Waals surface area contributed by atoms with Crippen LogP contribution < -0.4 is 10.0 Å². The zero-order valence-electron chi connectivity index (χ0n) is 15.1. The van der Waals surface area contributed by atoms with Crippen LogP contribution in [0.25, 0.3) is 0 Å². The lowest BCUT2D eigenvalue weighted by Crippen LogP contribution is -2.56. The number of carbonyl (C=O) groups excluding carboxylic acids is 1. The zero-order chi connectivity index (χ0) is 19.4. The Balaban J connectivity index is 2.14. The second-order valence-corrected chi connectivity index (χ2v) is 8.49. The monoisotopic (exact) mass is 382 g/mol. The summed E-state index contributed by atoms with van der Waals surface area (Å²) in [5.41, 5.74) is -1.02. The minimum Gasteiger partial charge on any atom is -0.480 e. The molecule has 26 heavy (non-hydrogen) atoms. The van der Waals surface area contributed by atoms with Crippen molar-refractivity contribution < 1.29 is 23.1 Å². The van der Waals surface area contributed by atoms with Crippen molar-refractivity contribution in [2.75, 3.05) is 6.54 Å². The number of sulfonamides is 1. The van der Waals surface area contributed by atoms with Crippen LogP contribution in [0.1, 0.15) is 56.3 Å². The average molecular weight is 382 g/mol. The highest BCUT2D eigenvalue weighted by molar-refractivity contribution is 7.89. The molecule has 0 unspecified atom stereocenters. The number of hydrogen-bond donors (Lipinski definition) is 3. The fourth-order valence-corrected chi connectivity index (χ4v) is 4.36. The summed E-state index contributed by atoms with van der Waals surface area (Å²) in [7, 11) is -3.59. The zero-order valence-corrected chi connectivity index (χ0v) is 15.9. The molecule has 144 valence electrons. The van der Waals surface area contributed by atoms with Gasteiger partial charge in [-0.3, -0.25) is 4.79 Å². The predicted octanol–water partition coefficient (Wildman–Crippen LogP) is 2.14. The lowest BCUT2D eigenvalue weighted by Gasteiger charge is -2.37. The molecule has 0 aromatic heterocycles. The molecule has 1 aliphatic carbocycles. The quantitative estimate of drug-likeness (QED) is 0.669. The first-order valence-corrected chi connectivity index (χ1v) is 10.4. The van der Waals surface area contributed by atoms with Crippen LogP contribution in [0, 0.1) is 5.92 Å². The first-order chi connectivity index (χ1) is 12.2. The predicted molar refractivity (Wildman–Crippen MR) is 97.4 cm³/mol. The van der Waals surface area contributed by atoms with Crippen LogP contribution in [-0.4, -0.2) is 37.5 Å². The van der Waals surface area contributed by atoms with Crippen LogP contribution in [0.3, 0.4) is 0 Å². The Labute approximate surface area is 154 Å². The highest BCUT2D eigenvalue weighted by Gasteiger charge is 2.43. The van der Waals surface area contributed by atoms with Crippen LogP contribution in [0.4, 0.5) is 0 Å². The number of hydrogen-bond acceptors (Lipinski definition) is 4. The van der Waals surface area contributed by atoms with E-state index in [4.69, 9.17) is 0 Å². The van der Waals surface area contributed by atoms with Gasteiger partial charge in [0.05, 0.1) is 4.90 Å². The fourth-order valence-electron chi connectivity index (χ4n) is 3.32. The van der Waals surface area contributed by atoms with E-state index >= 15 is 0 Å². The summed E-state index contributed by atoms with van der Waals surface area (Å²) in [5, 5.41) is 12.3. The Hall–Kier alpha value is -1.93. The molecule has 0 radical (unpaired) electrons. The SMILES string of the molecule is CCNS(=O)(=O)c1ccc(C(=O)NC2(C(=O)O)CCC(CC)CC2)cc1. The molecule has 0 bridgehead atoms. The second-order valence-electron chi connectivity index (χ2n) is 6.72. The van der Waals surface area contributed by atoms with Crippen molar-refractivity contribution in [3.05, 3.63) is 29.8 Å². The third kappa shape index (κ3) is 4.42. The van der Waals surface area contributed by atoms with Gasteiger partial charge in [0.2, 0.25) is 10.0 Å². The number of carboxylic acid groups (broad SMARTS) is 1. The summed E-state index contributed by atoms with van der Waals surface area (Å²) in [5.74, 6) is -1.03. The summed E-state index contributed by atoms with van der Waals surface area (Å²) in [6.07, 6.45) is 3.34. The highest BCUT2D eigenvalue weighted by Crippen LogP contribution is 2.34. The number of rotatable bonds is 7. The van der Waals surface area contributed by atoms with Gasteiger partial charge in [0, 0.05) is 12.1 Å². The van der Waals surface area contributed by atoms with Gasteiger partial charge in [0.25, 0.3) is 5.91 Å². The average Bonchev–Trinajstić information content (AvgIpc) is 2.62. The maximum absolute atomic E-state index is 12.5. The van der Waals surface area contributed by atoms with E-state index in [1.54, 1.807) is 6.92 Å². The van der Waals surface area contributed by atoms with Gasteiger partial charge < -0.3 is 10.4 Å². The van der Waals surface area contributed by atoms with Crippen molar-refractivity contribution in [3.8, 4) is 0 Å². The Kier molecular flexibility index (Phi) is 6.41. The molecular formula is C18H26N2O5S. The summed E-state index contributed by atoms with van der Waals surface area (Å²) in [4.78, 5) is 24.4. The van der Waals surface area contributed by atoms with E-state index in [1.165, 1.54) is 24.3 Å². The molecule has 0 heterocycles. The van der Waals surface area contributed by atoms with Gasteiger partial charge in [0.15, 0.2) is 0 Å². The molecule has 3 N–H and O–H groups in total. The molecule has 1 aliphatic rings. The van der Waals surface area contributed by atoms with Gasteiger partial charge in [-0.15, -0.1) is 0 Å². The third-order valence-corrected chi connectivity index (χ3v) is 6.62. The van der Waals surface area contributed by atoms with E-state index in [9.17, 15) is 23.1 Å². The molecule has 0 aliphatic heterocycles. The molecule has 1 saturated carbocycles. The molecule has 1 aromatic carbocycles. The Morgan fingerprint density at radius 1 is 1.15 bits per heavy atom. The van der Waals surface area contributed by atoms with Crippen molar-refractivity contribution in [1.82, 2.24) is 10.0 Å². The minimum absolute atomic E-state index is 0.0623. The van der Waals surface area contributed by atoms with Gasteiger partial charge in [-0.05, 0) is 55.9 Å². The molecule has 8 heteroatoms. The van der Waals surface area contributed by atoms with Crippen LogP contribution in [0.2, 0.25) is 0 Å². The smallest absolute Gasteiger partial charge is 0.329 e. The summed E-state index contributed by atoms with van der Waals surface area (Å²) in [6, 6.07) is 5.47. The van der Waals surface area contributed by atoms with Crippen LogP contribution in [0.15, 0.2) is 29.2 Å². The fraction of sp³-hybridized carbons (Fsp3) is 0.556. The van der Waals surface area contributed by atoms with Gasteiger partial charge in [0.1, 0.15) is 5.54 Å². The van der Waals surface area contributed by atoms with Crippen LogP contribution in [0.5, 0.6) is 0 Å². The third-order valence-electron chi connectivity index (χ3n) is 5.06. The van der Waals surface area contributed by atoms with Gasteiger partial charge in [-0.2, -0.15) is 0 Å². The Morgan fingerprint density at radius 3 is 2.19 bits per heavy atom. The molecule has 0 spiro atoms. The maximum Gasteiger partial charge on any atom is 0.329 e. The summed E-state index contributed by atoms with van der Waals surface area (Å²) in [6.45, 7) is 4.03. The number of carboxylic acids is 1. The number of amides is 1. The second kappa shape index (κ2) is 8.18. The molecule has 2 rings (SSSR count). The number of benzene rings is 1. The molecule has 7 nitrogen and oxygen atoms in total. The van der Waals surface area contributed by atoms with E-state index in [2.05, 4.69) is 17.0 Å². The van der Waals surface area contributed by atoms with Gasteiger partial charge >= 0.3 is 5.97 Å². The molecule has 1 aromatic rings. The van der Waals surface area contributed by atoms with Crippen molar-refractivity contribution in [3.63, 3.8) is 0 Å². The lowest BCUT2D eigenvalue weighted by molar-refractivity contribution is -0.146. The first kappa shape index (κ1) is 20.4. The van der Waals surface area contributed by atoms with Crippen molar-refractivity contribution >= 4 is 21.9 Å². The standard InChI is InChI=1S/C18H26N2O5S/c1-3-13-9-11-18(12-10-13,17(22)23)20-16(21)14-5-7-15(8-6-14)26(24,25)19-4-2/h5-8,13,19H,3-4,9-12H2,1-2H3,(H,20,21)(H,22,23). The highest BCUT2D eigenvalue weighted by atomic mass is 32.2. The van der Waals surface area contributed by atoms with Crippen LogP contribution in [-0.2, 0) is 14.8 Å². The number of carbonyl (C=O) groups is 2. The molecule has 1 amide bonds. The maximum atomic E-state index is 12.5. The van der Waals surface area contributed by atoms with E-state index in [-0.39, 0.29) is 17.0 Å². The van der Waals surface area contributed by atoms with Gasteiger partial charge in [-0.25, -0.2) is 17.9 Å². The molecule has 1 fully saturated rings. The van der Waals surface area contributed by atoms with E-state index in [0.717, 1.165) is 19.3 Å². The Morgan fingerprint density at radius 2 is 1.73 bits per heavy atom. The van der Waals surface area contributed by atoms with Crippen molar-refractivity contribution in [1.29, 1.82) is 0 Å². The summed E-state index contributed by atoms with van der Waals surface area (Å²) >= 11 is 0. The first-order valence-electron chi connectivity index (χ1n) is 8.89. The lowest BCUT2D eigenvalue weighted by atomic mass is 9.75. The van der Waals surface area contributed by atoms with Crippen molar-refractivity contribution in [2.24, 2.45) is 5.92 Å².